The SMILES string of the molecule is CN(C)CC(C(=O)C(CN(C)C)c1cccs1)c1cccs1. The van der Waals surface area contributed by atoms with Crippen molar-refractivity contribution in [3.8, 4) is 0 Å². The first-order valence-electron chi connectivity index (χ1n) is 7.39. The van der Waals surface area contributed by atoms with Crippen LogP contribution in [0.5, 0.6) is 0 Å². The highest BCUT2D eigenvalue weighted by Gasteiger charge is 2.31. The Hall–Kier alpha value is -1.01. The molecular formula is C17H24N2OS2. The predicted octanol–water partition coefficient (Wildman–Crippen LogP) is 3.37. The number of nitrogens with zero attached hydrogens (tertiary/aromatic N) is 2. The van der Waals surface area contributed by atoms with Crippen molar-refractivity contribution < 1.29 is 4.79 Å². The minimum Gasteiger partial charge on any atom is -0.308 e. The fourth-order valence-electron chi connectivity index (χ4n) is 2.59. The van der Waals surface area contributed by atoms with Crippen molar-refractivity contribution in [3.05, 3.63) is 44.8 Å². The quantitative estimate of drug-likeness (QED) is 0.738. The van der Waals surface area contributed by atoms with E-state index >= 15 is 0 Å². The number of carbonyl (C=O) groups is 1. The average Bonchev–Trinajstić information content (AvgIpc) is 3.13. The summed E-state index contributed by atoms with van der Waals surface area (Å²) < 4.78 is 0. The molecule has 0 N–H and O–H groups in total. The van der Waals surface area contributed by atoms with Crippen LogP contribution in [-0.2, 0) is 4.79 Å². The molecule has 0 fully saturated rings. The molecule has 0 aromatic carbocycles. The lowest BCUT2D eigenvalue weighted by Gasteiger charge is -2.25. The van der Waals surface area contributed by atoms with Gasteiger partial charge < -0.3 is 9.80 Å². The maximum Gasteiger partial charge on any atom is 0.151 e. The molecule has 2 unspecified atom stereocenters. The molecule has 0 aliphatic heterocycles. The molecule has 2 aromatic heterocycles. The standard InChI is InChI=1S/C17H24N2OS2/c1-18(2)11-13(15-7-5-9-21-15)17(20)14(12-19(3)4)16-8-6-10-22-16/h5-10,13-14H,11-12H2,1-4H3. The molecule has 2 heterocycles. The normalized spacial score (nSPS) is 14.5. The van der Waals surface area contributed by atoms with Crippen LogP contribution in [0.3, 0.4) is 0 Å². The lowest BCUT2D eigenvalue weighted by molar-refractivity contribution is -0.122. The number of likely N-dealkylation sites (N-methyl/N-ethyl adjacent to an activating group) is 2. The fourth-order valence-corrected chi connectivity index (χ4v) is 4.25. The molecule has 3 nitrogen and oxygen atoms in total. The minimum atomic E-state index is -0.0537. The number of ketones is 1. The molecule has 0 aliphatic rings. The summed E-state index contributed by atoms with van der Waals surface area (Å²) in [5, 5.41) is 4.11. The minimum absolute atomic E-state index is 0.0537. The van der Waals surface area contributed by atoms with Gasteiger partial charge in [0.15, 0.2) is 5.78 Å². The van der Waals surface area contributed by atoms with Crippen molar-refractivity contribution in [2.24, 2.45) is 0 Å². The zero-order chi connectivity index (χ0) is 16.1. The largest absolute Gasteiger partial charge is 0.308 e. The molecule has 22 heavy (non-hydrogen) atoms. The summed E-state index contributed by atoms with van der Waals surface area (Å²) in [7, 11) is 8.11. The molecular weight excluding hydrogens is 312 g/mol. The van der Waals surface area contributed by atoms with Gasteiger partial charge in [0.2, 0.25) is 0 Å². The van der Waals surface area contributed by atoms with Gasteiger partial charge in [-0.15, -0.1) is 22.7 Å². The molecule has 0 saturated carbocycles. The van der Waals surface area contributed by atoms with Crippen LogP contribution in [-0.4, -0.2) is 56.9 Å². The average molecular weight is 337 g/mol. The molecule has 2 aromatic rings. The third-order valence-corrected chi connectivity index (χ3v) is 5.53. The van der Waals surface area contributed by atoms with Crippen LogP contribution in [0.2, 0.25) is 0 Å². The van der Waals surface area contributed by atoms with E-state index < -0.39 is 0 Å². The number of hydrogen-bond donors (Lipinski definition) is 0. The van der Waals surface area contributed by atoms with Gasteiger partial charge in [-0.3, -0.25) is 4.79 Å². The summed E-state index contributed by atoms with van der Waals surface area (Å²) in [6.07, 6.45) is 0. The van der Waals surface area contributed by atoms with E-state index in [9.17, 15) is 4.79 Å². The lowest BCUT2D eigenvalue weighted by Crippen LogP contribution is -2.33. The molecule has 0 amide bonds. The number of thiophene rings is 2. The fraction of sp³-hybridized carbons (Fsp3) is 0.471. The smallest absolute Gasteiger partial charge is 0.151 e. The highest BCUT2D eigenvalue weighted by atomic mass is 32.1. The van der Waals surface area contributed by atoms with Gasteiger partial charge in [0.1, 0.15) is 0 Å². The second-order valence-corrected chi connectivity index (χ2v) is 8.02. The van der Waals surface area contributed by atoms with Crippen molar-refractivity contribution >= 4 is 28.5 Å². The van der Waals surface area contributed by atoms with Crippen molar-refractivity contribution in [1.29, 1.82) is 0 Å². The van der Waals surface area contributed by atoms with E-state index in [1.807, 2.05) is 40.3 Å². The first-order chi connectivity index (χ1) is 10.5. The second kappa shape index (κ2) is 8.02. The van der Waals surface area contributed by atoms with Gasteiger partial charge in [-0.25, -0.2) is 0 Å². The molecule has 0 bridgehead atoms. The molecule has 2 atom stereocenters. The van der Waals surface area contributed by atoms with Gasteiger partial charge in [-0.05, 0) is 51.1 Å². The summed E-state index contributed by atoms with van der Waals surface area (Å²) in [5.74, 6) is 0.219. The Morgan fingerprint density at radius 1 is 0.909 bits per heavy atom. The van der Waals surface area contributed by atoms with Crippen molar-refractivity contribution in [2.45, 2.75) is 11.8 Å². The number of Topliss-reactive ketones (excluding diaryl/α,β-unsaturated/α-hetero) is 1. The number of rotatable bonds is 8. The van der Waals surface area contributed by atoms with Crippen molar-refractivity contribution in [1.82, 2.24) is 9.80 Å². The van der Waals surface area contributed by atoms with E-state index in [1.54, 1.807) is 22.7 Å². The van der Waals surface area contributed by atoms with E-state index in [0.29, 0.717) is 5.78 Å². The van der Waals surface area contributed by atoms with Gasteiger partial charge in [0.05, 0.1) is 11.8 Å². The summed E-state index contributed by atoms with van der Waals surface area (Å²) in [5.41, 5.74) is 0. The van der Waals surface area contributed by atoms with E-state index in [0.717, 1.165) is 13.1 Å². The summed E-state index contributed by atoms with van der Waals surface area (Å²) in [6.45, 7) is 1.52. The van der Waals surface area contributed by atoms with Crippen molar-refractivity contribution in [2.75, 3.05) is 41.3 Å². The lowest BCUT2D eigenvalue weighted by atomic mass is 9.89. The topological polar surface area (TPSA) is 23.6 Å². The van der Waals surface area contributed by atoms with Crippen LogP contribution >= 0.6 is 22.7 Å². The van der Waals surface area contributed by atoms with Crippen LogP contribution in [0.4, 0.5) is 0 Å². The van der Waals surface area contributed by atoms with Crippen LogP contribution < -0.4 is 0 Å². The van der Waals surface area contributed by atoms with Gasteiger partial charge in [-0.1, -0.05) is 12.1 Å². The summed E-state index contributed by atoms with van der Waals surface area (Å²) in [6, 6.07) is 8.22. The molecule has 0 radical (unpaired) electrons. The molecule has 2 rings (SSSR count). The van der Waals surface area contributed by atoms with Crippen LogP contribution in [0.15, 0.2) is 35.0 Å². The maximum atomic E-state index is 13.3. The first-order valence-corrected chi connectivity index (χ1v) is 9.15. The molecule has 0 spiro atoms. The van der Waals surface area contributed by atoms with Crippen LogP contribution in [0.1, 0.15) is 21.6 Å². The highest BCUT2D eigenvalue weighted by molar-refractivity contribution is 7.10. The third kappa shape index (κ3) is 4.49. The zero-order valence-corrected chi connectivity index (χ0v) is 15.3. The van der Waals surface area contributed by atoms with E-state index in [1.165, 1.54) is 9.75 Å². The van der Waals surface area contributed by atoms with Gasteiger partial charge in [0, 0.05) is 22.8 Å². The Labute approximate surface area is 141 Å². The predicted molar refractivity (Wildman–Crippen MR) is 96.2 cm³/mol. The highest BCUT2D eigenvalue weighted by Crippen LogP contribution is 2.32. The summed E-state index contributed by atoms with van der Waals surface area (Å²) >= 11 is 3.35. The van der Waals surface area contributed by atoms with Gasteiger partial charge >= 0.3 is 0 Å². The van der Waals surface area contributed by atoms with E-state index in [-0.39, 0.29) is 11.8 Å². The molecule has 120 valence electrons. The maximum absolute atomic E-state index is 13.3. The van der Waals surface area contributed by atoms with Crippen LogP contribution in [0, 0.1) is 0 Å². The van der Waals surface area contributed by atoms with E-state index in [2.05, 4.69) is 32.7 Å². The van der Waals surface area contributed by atoms with Gasteiger partial charge in [0.25, 0.3) is 0 Å². The Kier molecular flexibility index (Phi) is 6.32. The monoisotopic (exact) mass is 336 g/mol. The Balaban J connectivity index is 2.29. The molecule has 0 saturated heterocycles. The Bertz CT molecular complexity index is 511. The van der Waals surface area contributed by atoms with E-state index in [4.69, 9.17) is 0 Å². The first kappa shape index (κ1) is 17.3. The Morgan fingerprint density at radius 2 is 1.32 bits per heavy atom. The molecule has 0 aliphatic carbocycles. The number of hydrogen-bond acceptors (Lipinski definition) is 5. The third-order valence-electron chi connectivity index (χ3n) is 3.56. The number of carbonyl (C=O) groups excluding carboxylic acids is 1. The van der Waals surface area contributed by atoms with Gasteiger partial charge in [-0.2, -0.15) is 0 Å². The Morgan fingerprint density at radius 3 is 1.59 bits per heavy atom. The zero-order valence-electron chi connectivity index (χ0n) is 13.7. The van der Waals surface area contributed by atoms with Crippen LogP contribution in [0.25, 0.3) is 0 Å². The summed E-state index contributed by atoms with van der Waals surface area (Å²) in [4.78, 5) is 19.8. The molecule has 5 heteroatoms. The second-order valence-electron chi connectivity index (χ2n) is 6.06. The van der Waals surface area contributed by atoms with Crippen molar-refractivity contribution in [3.63, 3.8) is 0 Å².